The van der Waals surface area contributed by atoms with Crippen LogP contribution in [0.2, 0.25) is 0 Å². The van der Waals surface area contributed by atoms with Gasteiger partial charge in [-0.05, 0) is 31.9 Å². The number of likely N-dealkylation sites (tertiary alicyclic amines) is 1. The van der Waals surface area contributed by atoms with Gasteiger partial charge >= 0.3 is 0 Å². The lowest BCUT2D eigenvalue weighted by molar-refractivity contribution is -0.142. The van der Waals surface area contributed by atoms with Crippen molar-refractivity contribution in [1.82, 2.24) is 4.90 Å². The van der Waals surface area contributed by atoms with Crippen LogP contribution >= 0.6 is 11.8 Å². The predicted molar refractivity (Wildman–Crippen MR) is 74.2 cm³/mol. The Hall–Kier alpha value is -0.690. The third-order valence-electron chi connectivity index (χ3n) is 4.68. The summed E-state index contributed by atoms with van der Waals surface area (Å²) >= 11 is 1.64. The topological polar surface area (TPSA) is 44.1 Å². The molecule has 0 aromatic heterocycles. The van der Waals surface area contributed by atoms with E-state index in [1.54, 1.807) is 11.8 Å². The standard InChI is InChI=1S/C14H22N2OS/c1-13(5-3-4-6-13)12(17)16-9-7-14(11-15,18-2)8-10-16/h3-10H2,1-2H3. The number of thioether (sulfide) groups is 1. The molecule has 100 valence electrons. The van der Waals surface area contributed by atoms with E-state index in [4.69, 9.17) is 0 Å². The fourth-order valence-electron chi connectivity index (χ4n) is 3.18. The van der Waals surface area contributed by atoms with Crippen molar-refractivity contribution in [2.24, 2.45) is 5.41 Å². The first-order valence-electron chi connectivity index (χ1n) is 6.81. The molecule has 0 N–H and O–H groups in total. The summed E-state index contributed by atoms with van der Waals surface area (Å²) in [4.78, 5) is 14.5. The lowest BCUT2D eigenvalue weighted by atomic mass is 9.85. The zero-order chi connectivity index (χ0) is 13.2. The molecule has 0 aromatic rings. The number of carbonyl (C=O) groups excluding carboxylic acids is 1. The van der Waals surface area contributed by atoms with Gasteiger partial charge in [0, 0.05) is 18.5 Å². The van der Waals surface area contributed by atoms with Crippen molar-refractivity contribution in [3.8, 4) is 6.07 Å². The van der Waals surface area contributed by atoms with E-state index in [2.05, 4.69) is 13.0 Å². The summed E-state index contributed by atoms with van der Waals surface area (Å²) in [7, 11) is 0. The van der Waals surface area contributed by atoms with Crippen molar-refractivity contribution in [1.29, 1.82) is 5.26 Å². The molecule has 1 aliphatic carbocycles. The van der Waals surface area contributed by atoms with Gasteiger partial charge in [-0.2, -0.15) is 5.26 Å². The van der Waals surface area contributed by atoms with Crippen molar-refractivity contribution < 1.29 is 4.79 Å². The van der Waals surface area contributed by atoms with Crippen molar-refractivity contribution in [2.75, 3.05) is 19.3 Å². The number of hydrogen-bond donors (Lipinski definition) is 0. The van der Waals surface area contributed by atoms with Crippen molar-refractivity contribution in [3.63, 3.8) is 0 Å². The van der Waals surface area contributed by atoms with Gasteiger partial charge in [-0.25, -0.2) is 0 Å². The molecular weight excluding hydrogens is 244 g/mol. The van der Waals surface area contributed by atoms with Crippen LogP contribution < -0.4 is 0 Å². The smallest absolute Gasteiger partial charge is 0.228 e. The third-order valence-corrected chi connectivity index (χ3v) is 5.96. The lowest BCUT2D eigenvalue weighted by Crippen LogP contribution is -2.48. The van der Waals surface area contributed by atoms with E-state index < -0.39 is 0 Å². The van der Waals surface area contributed by atoms with Crippen LogP contribution in [-0.4, -0.2) is 34.9 Å². The van der Waals surface area contributed by atoms with Crippen LogP contribution in [0.1, 0.15) is 45.4 Å². The third kappa shape index (κ3) is 2.38. The number of hydrogen-bond acceptors (Lipinski definition) is 3. The highest BCUT2D eigenvalue weighted by Gasteiger charge is 2.42. The number of carbonyl (C=O) groups is 1. The molecule has 0 bridgehead atoms. The van der Waals surface area contributed by atoms with Gasteiger partial charge in [0.15, 0.2) is 0 Å². The first-order valence-corrected chi connectivity index (χ1v) is 8.04. The summed E-state index contributed by atoms with van der Waals surface area (Å²) in [6, 6.07) is 2.43. The van der Waals surface area contributed by atoms with Crippen LogP contribution in [0.5, 0.6) is 0 Å². The summed E-state index contributed by atoms with van der Waals surface area (Å²) in [5.74, 6) is 0.327. The molecule has 1 aliphatic heterocycles. The highest BCUT2D eigenvalue weighted by molar-refractivity contribution is 8.00. The molecule has 1 saturated carbocycles. The molecule has 0 unspecified atom stereocenters. The minimum Gasteiger partial charge on any atom is -0.342 e. The van der Waals surface area contributed by atoms with E-state index in [0.717, 1.165) is 38.8 Å². The molecule has 0 radical (unpaired) electrons. The summed E-state index contributed by atoms with van der Waals surface area (Å²) in [5, 5.41) is 9.25. The maximum absolute atomic E-state index is 12.5. The summed E-state index contributed by atoms with van der Waals surface area (Å²) < 4.78 is -0.257. The number of piperidine rings is 1. The first-order chi connectivity index (χ1) is 8.55. The van der Waals surface area contributed by atoms with E-state index in [1.165, 1.54) is 12.8 Å². The maximum atomic E-state index is 12.5. The zero-order valence-corrected chi connectivity index (χ0v) is 12.2. The number of nitrogens with zero attached hydrogens (tertiary/aromatic N) is 2. The van der Waals surface area contributed by atoms with Gasteiger partial charge in [0.25, 0.3) is 0 Å². The second-order valence-corrected chi connectivity index (χ2v) is 7.06. The Morgan fingerprint density at radius 3 is 2.22 bits per heavy atom. The predicted octanol–water partition coefficient (Wildman–Crippen LogP) is 2.81. The Kier molecular flexibility index (Phi) is 3.91. The van der Waals surface area contributed by atoms with Crippen LogP contribution in [0.3, 0.4) is 0 Å². The molecule has 1 amide bonds. The van der Waals surface area contributed by atoms with Gasteiger partial charge in [0.05, 0.1) is 6.07 Å². The van der Waals surface area contributed by atoms with Crippen LogP contribution in [-0.2, 0) is 4.79 Å². The zero-order valence-electron chi connectivity index (χ0n) is 11.4. The highest BCUT2D eigenvalue weighted by Crippen LogP contribution is 2.41. The Balaban J connectivity index is 1.98. The number of amides is 1. The van der Waals surface area contributed by atoms with E-state index in [9.17, 15) is 10.1 Å². The molecule has 3 nitrogen and oxygen atoms in total. The average molecular weight is 266 g/mol. The highest BCUT2D eigenvalue weighted by atomic mass is 32.2. The van der Waals surface area contributed by atoms with Crippen molar-refractivity contribution in [2.45, 2.75) is 50.2 Å². The Morgan fingerprint density at radius 1 is 1.22 bits per heavy atom. The Morgan fingerprint density at radius 2 is 1.78 bits per heavy atom. The van der Waals surface area contributed by atoms with Gasteiger partial charge in [-0.15, -0.1) is 11.8 Å². The minimum absolute atomic E-state index is 0.119. The second-order valence-electron chi connectivity index (χ2n) is 5.87. The normalized spacial score (nSPS) is 25.7. The molecule has 0 aromatic carbocycles. The summed E-state index contributed by atoms with van der Waals surface area (Å²) in [6.07, 6.45) is 8.06. The molecule has 1 heterocycles. The van der Waals surface area contributed by atoms with Gasteiger partial charge in [-0.1, -0.05) is 19.8 Å². The number of nitriles is 1. The molecule has 18 heavy (non-hydrogen) atoms. The van der Waals surface area contributed by atoms with Gasteiger partial charge < -0.3 is 4.90 Å². The molecule has 1 saturated heterocycles. The molecule has 4 heteroatoms. The quantitative estimate of drug-likeness (QED) is 0.772. The SMILES string of the molecule is CSC1(C#N)CCN(C(=O)C2(C)CCCC2)CC1. The fourth-order valence-corrected chi connectivity index (χ4v) is 3.87. The Bertz CT molecular complexity index is 360. The largest absolute Gasteiger partial charge is 0.342 e. The van der Waals surface area contributed by atoms with E-state index in [1.807, 2.05) is 11.2 Å². The molecule has 0 spiro atoms. The van der Waals surface area contributed by atoms with Crippen molar-refractivity contribution in [3.05, 3.63) is 0 Å². The molecule has 2 aliphatic rings. The number of rotatable bonds is 2. The van der Waals surface area contributed by atoms with Crippen LogP contribution in [0.15, 0.2) is 0 Å². The molecule has 2 fully saturated rings. The monoisotopic (exact) mass is 266 g/mol. The molecular formula is C14H22N2OS. The van der Waals surface area contributed by atoms with E-state index in [-0.39, 0.29) is 10.2 Å². The van der Waals surface area contributed by atoms with E-state index >= 15 is 0 Å². The average Bonchev–Trinajstić information content (AvgIpc) is 2.86. The maximum Gasteiger partial charge on any atom is 0.228 e. The van der Waals surface area contributed by atoms with E-state index in [0.29, 0.717) is 5.91 Å². The summed E-state index contributed by atoms with van der Waals surface area (Å²) in [6.45, 7) is 3.62. The molecule has 2 rings (SSSR count). The minimum atomic E-state index is -0.257. The fraction of sp³-hybridized carbons (Fsp3) is 0.857. The second kappa shape index (κ2) is 5.13. The van der Waals surface area contributed by atoms with Gasteiger partial charge in [0.1, 0.15) is 4.75 Å². The first kappa shape index (κ1) is 13.7. The van der Waals surface area contributed by atoms with Gasteiger partial charge in [-0.3, -0.25) is 4.79 Å². The lowest BCUT2D eigenvalue weighted by Gasteiger charge is -2.39. The van der Waals surface area contributed by atoms with Crippen LogP contribution in [0.25, 0.3) is 0 Å². The van der Waals surface area contributed by atoms with Crippen LogP contribution in [0.4, 0.5) is 0 Å². The van der Waals surface area contributed by atoms with Crippen molar-refractivity contribution >= 4 is 17.7 Å². The van der Waals surface area contributed by atoms with Gasteiger partial charge in [0.2, 0.25) is 5.91 Å². The Labute approximate surface area is 114 Å². The summed E-state index contributed by atoms with van der Waals surface area (Å²) in [5.41, 5.74) is -0.119. The van der Waals surface area contributed by atoms with Crippen LogP contribution in [0, 0.1) is 16.7 Å². The molecule has 0 atom stereocenters.